The van der Waals surface area contributed by atoms with Gasteiger partial charge in [-0.15, -0.1) is 24.0 Å². The Morgan fingerprint density at radius 2 is 1.88 bits per heavy atom. The number of nitrogens with one attached hydrogen (secondary N) is 2. The van der Waals surface area contributed by atoms with Crippen LogP contribution in [0.4, 0.5) is 13.2 Å². The molecule has 1 saturated heterocycles. The van der Waals surface area contributed by atoms with Crippen molar-refractivity contribution in [1.82, 2.24) is 15.5 Å². The summed E-state index contributed by atoms with van der Waals surface area (Å²) in [5.41, 5.74) is 0. The van der Waals surface area contributed by atoms with Crippen LogP contribution in [0.15, 0.2) is 4.99 Å². The van der Waals surface area contributed by atoms with Crippen molar-refractivity contribution < 1.29 is 17.9 Å². The number of unbranched alkanes of at least 4 members (excludes halogenated alkanes) is 1. The van der Waals surface area contributed by atoms with Crippen molar-refractivity contribution in [3.8, 4) is 0 Å². The van der Waals surface area contributed by atoms with E-state index in [9.17, 15) is 13.2 Å². The summed E-state index contributed by atoms with van der Waals surface area (Å²) in [6, 6.07) is 0.319. The zero-order chi connectivity index (χ0) is 17.1. The molecule has 5 nitrogen and oxygen atoms in total. The highest BCUT2D eigenvalue weighted by Gasteiger charge is 2.25. The Morgan fingerprint density at radius 1 is 1.21 bits per heavy atom. The smallest absolute Gasteiger partial charge is 0.379 e. The summed E-state index contributed by atoms with van der Waals surface area (Å²) in [6.45, 7) is 9.30. The van der Waals surface area contributed by atoms with E-state index in [1.807, 2.05) is 6.92 Å². The van der Waals surface area contributed by atoms with E-state index in [2.05, 4.69) is 27.4 Å². The monoisotopic (exact) mass is 466 g/mol. The van der Waals surface area contributed by atoms with E-state index in [1.54, 1.807) is 0 Å². The molecule has 0 aromatic rings. The van der Waals surface area contributed by atoms with Crippen LogP contribution in [0.2, 0.25) is 0 Å². The average molecular weight is 466 g/mol. The number of nitrogens with zero attached hydrogens (tertiary/aromatic N) is 2. The summed E-state index contributed by atoms with van der Waals surface area (Å²) in [6.07, 6.45) is -4.17. The first-order chi connectivity index (χ1) is 10.9. The van der Waals surface area contributed by atoms with Crippen molar-refractivity contribution in [2.24, 2.45) is 4.99 Å². The molecular weight excluding hydrogens is 436 g/mol. The fourth-order valence-electron chi connectivity index (χ4n) is 2.36. The number of hydrogen-bond donors (Lipinski definition) is 2. The topological polar surface area (TPSA) is 48.9 Å². The number of ether oxygens (including phenoxy) is 1. The largest absolute Gasteiger partial charge is 0.389 e. The van der Waals surface area contributed by atoms with E-state index >= 15 is 0 Å². The van der Waals surface area contributed by atoms with Crippen LogP contribution >= 0.6 is 24.0 Å². The lowest BCUT2D eigenvalue weighted by molar-refractivity contribution is -0.135. The lowest BCUT2D eigenvalue weighted by atomic mass is 10.2. The fourth-order valence-corrected chi connectivity index (χ4v) is 2.36. The number of halogens is 4. The molecule has 144 valence electrons. The third-order valence-electron chi connectivity index (χ3n) is 3.71. The van der Waals surface area contributed by atoms with Crippen LogP contribution in [0, 0.1) is 0 Å². The van der Waals surface area contributed by atoms with Crippen molar-refractivity contribution >= 4 is 29.9 Å². The third kappa shape index (κ3) is 11.3. The van der Waals surface area contributed by atoms with Gasteiger partial charge in [0.05, 0.1) is 19.8 Å². The number of aliphatic imine (C=N–C) groups is 1. The minimum absolute atomic E-state index is 0. The predicted molar refractivity (Wildman–Crippen MR) is 101 cm³/mol. The lowest BCUT2D eigenvalue weighted by Crippen LogP contribution is -2.44. The van der Waals surface area contributed by atoms with Gasteiger partial charge in [0.2, 0.25) is 0 Å². The molecule has 0 amide bonds. The van der Waals surface area contributed by atoms with Crippen molar-refractivity contribution in [3.63, 3.8) is 0 Å². The second-order valence-corrected chi connectivity index (χ2v) is 5.72. The number of rotatable bonds is 8. The first-order valence-electron chi connectivity index (χ1n) is 8.33. The Balaban J connectivity index is 0.00000529. The second-order valence-electron chi connectivity index (χ2n) is 5.72. The number of alkyl halides is 3. The van der Waals surface area contributed by atoms with Gasteiger partial charge < -0.3 is 15.4 Å². The molecule has 2 N–H and O–H groups in total. The van der Waals surface area contributed by atoms with Gasteiger partial charge in [0.1, 0.15) is 0 Å². The Bertz CT molecular complexity index is 350. The Labute approximate surface area is 159 Å². The zero-order valence-electron chi connectivity index (χ0n) is 14.5. The van der Waals surface area contributed by atoms with Gasteiger partial charge in [-0.25, -0.2) is 0 Å². The zero-order valence-corrected chi connectivity index (χ0v) is 16.8. The van der Waals surface area contributed by atoms with Crippen molar-refractivity contribution in [2.45, 2.75) is 45.3 Å². The van der Waals surface area contributed by atoms with E-state index in [4.69, 9.17) is 4.74 Å². The van der Waals surface area contributed by atoms with Crippen LogP contribution < -0.4 is 10.6 Å². The quantitative estimate of drug-likeness (QED) is 0.250. The average Bonchev–Trinajstić information content (AvgIpc) is 2.51. The van der Waals surface area contributed by atoms with Crippen LogP contribution in [0.1, 0.15) is 33.1 Å². The normalized spacial score (nSPS) is 18.0. The molecule has 1 heterocycles. The number of guanidine groups is 1. The molecule has 0 aromatic heterocycles. The lowest BCUT2D eigenvalue weighted by Gasteiger charge is -2.31. The van der Waals surface area contributed by atoms with E-state index in [0.717, 1.165) is 32.8 Å². The van der Waals surface area contributed by atoms with Gasteiger partial charge in [0.15, 0.2) is 5.96 Å². The molecule has 0 saturated carbocycles. The van der Waals surface area contributed by atoms with Gasteiger partial charge in [0, 0.05) is 38.6 Å². The van der Waals surface area contributed by atoms with E-state index in [0.29, 0.717) is 31.5 Å². The minimum atomic E-state index is -4.06. The number of hydrogen-bond acceptors (Lipinski definition) is 3. The van der Waals surface area contributed by atoms with E-state index in [-0.39, 0.29) is 30.4 Å². The van der Waals surface area contributed by atoms with Crippen LogP contribution in [0.25, 0.3) is 0 Å². The van der Waals surface area contributed by atoms with Gasteiger partial charge in [-0.2, -0.15) is 13.2 Å². The Kier molecular flexibility index (Phi) is 12.8. The van der Waals surface area contributed by atoms with Crippen LogP contribution in [0.5, 0.6) is 0 Å². The minimum Gasteiger partial charge on any atom is -0.379 e. The summed E-state index contributed by atoms with van der Waals surface area (Å²) in [5, 5.41) is 6.22. The van der Waals surface area contributed by atoms with Crippen LogP contribution in [-0.4, -0.2) is 69.0 Å². The summed E-state index contributed by atoms with van der Waals surface area (Å²) < 4.78 is 41.6. The first kappa shape index (κ1) is 23.7. The Hall–Kier alpha value is -0.290. The third-order valence-corrected chi connectivity index (χ3v) is 3.71. The van der Waals surface area contributed by atoms with Gasteiger partial charge in [-0.1, -0.05) is 0 Å². The molecule has 1 aliphatic rings. The van der Waals surface area contributed by atoms with Crippen LogP contribution in [-0.2, 0) is 4.74 Å². The highest BCUT2D eigenvalue weighted by Crippen LogP contribution is 2.21. The maximum absolute atomic E-state index is 12.1. The van der Waals surface area contributed by atoms with Crippen molar-refractivity contribution in [1.29, 1.82) is 0 Å². The molecule has 0 spiro atoms. The molecule has 1 fully saturated rings. The standard InChI is InChI=1S/C15H29F3N4O.HI/c1-3-19-14(20-7-5-4-6-15(16,17)18)21-12-13(2)22-8-10-23-11-9-22;/h13H,3-12H2,1-2H3,(H2,19,20,21);1H. The van der Waals surface area contributed by atoms with Gasteiger partial charge >= 0.3 is 6.18 Å². The van der Waals surface area contributed by atoms with E-state index in [1.165, 1.54) is 0 Å². The number of morpholine rings is 1. The van der Waals surface area contributed by atoms with Gasteiger partial charge in [-0.3, -0.25) is 9.89 Å². The molecule has 1 atom stereocenters. The molecule has 0 bridgehead atoms. The maximum atomic E-state index is 12.1. The molecule has 1 rings (SSSR count). The van der Waals surface area contributed by atoms with Gasteiger partial charge in [0.25, 0.3) is 0 Å². The summed E-state index contributed by atoms with van der Waals surface area (Å²) in [4.78, 5) is 6.86. The molecule has 9 heteroatoms. The second kappa shape index (κ2) is 13.0. The SMILES string of the molecule is CCNC(=NCC(C)N1CCOCC1)NCCCCC(F)(F)F.I. The first-order valence-corrected chi connectivity index (χ1v) is 8.33. The maximum Gasteiger partial charge on any atom is 0.389 e. The van der Waals surface area contributed by atoms with Crippen molar-refractivity contribution in [3.05, 3.63) is 0 Å². The summed E-state index contributed by atoms with van der Waals surface area (Å²) in [7, 11) is 0. The highest BCUT2D eigenvalue weighted by atomic mass is 127. The molecule has 24 heavy (non-hydrogen) atoms. The van der Waals surface area contributed by atoms with E-state index < -0.39 is 12.6 Å². The molecule has 1 unspecified atom stereocenters. The molecular formula is C15H30F3IN4O. The van der Waals surface area contributed by atoms with Crippen molar-refractivity contribution in [2.75, 3.05) is 45.9 Å². The van der Waals surface area contributed by atoms with Crippen LogP contribution in [0.3, 0.4) is 0 Å². The highest BCUT2D eigenvalue weighted by molar-refractivity contribution is 14.0. The molecule has 1 aliphatic heterocycles. The molecule has 0 radical (unpaired) electrons. The Morgan fingerprint density at radius 3 is 2.46 bits per heavy atom. The predicted octanol–water partition coefficient (Wildman–Crippen LogP) is 2.61. The fraction of sp³-hybridized carbons (Fsp3) is 0.933. The molecule has 0 aromatic carbocycles. The summed E-state index contributed by atoms with van der Waals surface area (Å²) in [5.74, 6) is 0.666. The molecule has 0 aliphatic carbocycles. The summed E-state index contributed by atoms with van der Waals surface area (Å²) >= 11 is 0. The van der Waals surface area contributed by atoms with Gasteiger partial charge in [-0.05, 0) is 26.7 Å².